The quantitative estimate of drug-likeness (QED) is 0.249. The first-order valence-electron chi connectivity index (χ1n) is 11.1. The first kappa shape index (κ1) is 28.9. The van der Waals surface area contributed by atoms with Crippen LogP contribution in [0.2, 0.25) is 0 Å². The lowest BCUT2D eigenvalue weighted by molar-refractivity contribution is -0.142. The van der Waals surface area contributed by atoms with E-state index in [2.05, 4.69) is 26.2 Å². The molecule has 8 nitrogen and oxygen atoms in total. The van der Waals surface area contributed by atoms with E-state index in [4.69, 9.17) is 14.0 Å². The van der Waals surface area contributed by atoms with Gasteiger partial charge in [-0.2, -0.15) is 4.20 Å². The molecular weight excluding hydrogens is 585 g/mol. The number of amides is 1. The number of benzene rings is 2. The Morgan fingerprint density at radius 3 is 2.41 bits per heavy atom. The number of halogens is 2. The average Bonchev–Trinajstić information content (AvgIpc) is 2.82. The van der Waals surface area contributed by atoms with Gasteiger partial charge < -0.3 is 19.3 Å². The lowest BCUT2D eigenvalue weighted by atomic mass is 10.0. The summed E-state index contributed by atoms with van der Waals surface area (Å²) in [6, 6.07) is 12.2. The highest BCUT2D eigenvalue weighted by Gasteiger charge is 2.26. The average molecular weight is 611 g/mol. The van der Waals surface area contributed by atoms with Gasteiger partial charge in [-0.1, -0.05) is 28.1 Å². The molecular formula is C25H26BrFN2O6P2. The number of fused-ring (bicyclic) bond motifs is 1. The lowest BCUT2D eigenvalue weighted by Crippen LogP contribution is -2.43. The van der Waals surface area contributed by atoms with Gasteiger partial charge in [0.1, 0.15) is 23.1 Å². The molecule has 0 saturated heterocycles. The molecule has 3 atom stereocenters. The van der Waals surface area contributed by atoms with E-state index in [1.165, 1.54) is 13.2 Å². The summed E-state index contributed by atoms with van der Waals surface area (Å²) in [6.45, 7) is 5.81. The standard InChI is InChI=1S/C25H26BrFN2O6P2/c1-25(2,3)34-16-8-5-14(6-9-16)11-21(24(32)33-4)29-22(30)20-13-18(23(31)35-37(27)36)17-12-15(26)7-10-19(17)28-20/h5-10,12-13,21H,11,36H2,1-4H3,(H,29,30)/t21-,37?/m0/s1. The van der Waals surface area contributed by atoms with Crippen LogP contribution in [0, 0.1) is 0 Å². The highest BCUT2D eigenvalue weighted by atomic mass is 79.9. The maximum atomic E-state index is 13.4. The summed E-state index contributed by atoms with van der Waals surface area (Å²) in [5.74, 6) is -1.64. The molecule has 2 unspecified atom stereocenters. The zero-order valence-electron chi connectivity index (χ0n) is 20.6. The van der Waals surface area contributed by atoms with Crippen LogP contribution in [0.5, 0.6) is 5.75 Å². The van der Waals surface area contributed by atoms with Crippen LogP contribution < -0.4 is 10.1 Å². The number of nitrogens with one attached hydrogen (secondary N) is 1. The van der Waals surface area contributed by atoms with Gasteiger partial charge in [-0.3, -0.25) is 4.79 Å². The van der Waals surface area contributed by atoms with E-state index < -0.39 is 32.0 Å². The van der Waals surface area contributed by atoms with E-state index in [0.717, 1.165) is 5.56 Å². The topological polar surface area (TPSA) is 104 Å². The molecule has 0 aliphatic heterocycles. The van der Waals surface area contributed by atoms with Crippen LogP contribution in [-0.4, -0.2) is 41.6 Å². The van der Waals surface area contributed by atoms with Crippen LogP contribution in [0.15, 0.2) is 53.0 Å². The number of carbonyl (C=O) groups excluding carboxylic acids is 3. The van der Waals surface area contributed by atoms with E-state index in [9.17, 15) is 18.6 Å². The molecule has 37 heavy (non-hydrogen) atoms. The number of pyridine rings is 1. The molecule has 3 rings (SSSR count). The summed E-state index contributed by atoms with van der Waals surface area (Å²) in [5, 5.41) is 3.00. The maximum Gasteiger partial charge on any atom is 0.343 e. The Balaban J connectivity index is 1.88. The first-order valence-corrected chi connectivity index (χ1v) is 14.6. The van der Waals surface area contributed by atoms with Crippen LogP contribution in [-0.2, 0) is 20.5 Å². The third-order valence-electron chi connectivity index (χ3n) is 4.97. The van der Waals surface area contributed by atoms with Crippen molar-refractivity contribution in [1.29, 1.82) is 0 Å². The molecule has 0 saturated carbocycles. The van der Waals surface area contributed by atoms with Gasteiger partial charge in [0.05, 0.1) is 18.2 Å². The van der Waals surface area contributed by atoms with Crippen LogP contribution in [0.1, 0.15) is 47.2 Å². The van der Waals surface area contributed by atoms with Crippen LogP contribution in [0.4, 0.5) is 4.20 Å². The Kier molecular flexibility index (Phi) is 9.57. The van der Waals surface area contributed by atoms with Crippen molar-refractivity contribution in [2.24, 2.45) is 0 Å². The SMILES string of the molecule is COC(=O)[C@H](Cc1ccc(OC(C)(C)C)cc1)NC(=O)c1cc(C(=O)OP(F)P)c2cc(Br)ccc2n1. The van der Waals surface area contributed by atoms with E-state index in [0.29, 0.717) is 21.1 Å². The number of aromatic nitrogens is 1. The van der Waals surface area contributed by atoms with Crippen molar-refractivity contribution in [2.45, 2.75) is 38.8 Å². The summed E-state index contributed by atoms with van der Waals surface area (Å²) in [7, 11) is 0.460. The highest BCUT2D eigenvalue weighted by Crippen LogP contribution is 2.48. The van der Waals surface area contributed by atoms with E-state index >= 15 is 0 Å². The Morgan fingerprint density at radius 1 is 1.14 bits per heavy atom. The molecule has 1 heterocycles. The molecule has 196 valence electrons. The van der Waals surface area contributed by atoms with Crippen LogP contribution in [0.25, 0.3) is 10.9 Å². The maximum absolute atomic E-state index is 13.4. The fourth-order valence-electron chi connectivity index (χ4n) is 3.46. The smallest absolute Gasteiger partial charge is 0.343 e. The van der Waals surface area contributed by atoms with Crippen molar-refractivity contribution in [2.75, 3.05) is 7.11 Å². The Hall–Kier alpha value is -2.67. The summed E-state index contributed by atoms with van der Waals surface area (Å²) in [6.07, 6.45) is 0.142. The van der Waals surface area contributed by atoms with Crippen molar-refractivity contribution in [3.05, 3.63) is 69.8 Å². The van der Waals surface area contributed by atoms with Gasteiger partial charge in [0.25, 0.3) is 14.1 Å². The summed E-state index contributed by atoms with van der Waals surface area (Å²) >= 11 is 3.33. The number of nitrogens with zero attached hydrogens (tertiary/aromatic N) is 1. The molecule has 1 aromatic heterocycles. The van der Waals surface area contributed by atoms with E-state index in [1.54, 1.807) is 51.4 Å². The molecule has 1 amide bonds. The molecule has 0 fully saturated rings. The second kappa shape index (κ2) is 12.2. The normalized spacial score (nSPS) is 12.9. The number of esters is 1. The Labute approximate surface area is 225 Å². The first-order chi connectivity index (χ1) is 17.4. The van der Waals surface area contributed by atoms with Crippen molar-refractivity contribution >= 4 is 61.8 Å². The van der Waals surface area contributed by atoms with Gasteiger partial charge in [0.15, 0.2) is 0 Å². The summed E-state index contributed by atoms with van der Waals surface area (Å²) in [5.41, 5.74) is 0.540. The second-order valence-electron chi connectivity index (χ2n) is 8.98. The van der Waals surface area contributed by atoms with Gasteiger partial charge >= 0.3 is 11.9 Å². The van der Waals surface area contributed by atoms with Gasteiger partial charge in [0.2, 0.25) is 0 Å². The number of hydrogen-bond acceptors (Lipinski definition) is 7. The molecule has 0 aliphatic carbocycles. The van der Waals surface area contributed by atoms with Crippen molar-refractivity contribution in [3.63, 3.8) is 0 Å². The van der Waals surface area contributed by atoms with Gasteiger partial charge in [-0.15, -0.1) is 0 Å². The fourth-order valence-corrected chi connectivity index (χ4v) is 4.37. The fraction of sp³-hybridized carbons (Fsp3) is 0.280. The predicted molar refractivity (Wildman–Crippen MR) is 146 cm³/mol. The molecule has 2 aromatic carbocycles. The third kappa shape index (κ3) is 8.16. The minimum absolute atomic E-state index is 0.0342. The number of ether oxygens (including phenoxy) is 2. The van der Waals surface area contributed by atoms with Crippen LogP contribution in [0.3, 0.4) is 0 Å². The molecule has 3 aromatic rings. The van der Waals surface area contributed by atoms with Gasteiger partial charge in [0, 0.05) is 16.3 Å². The monoisotopic (exact) mass is 610 g/mol. The number of methoxy groups -OCH3 is 1. The van der Waals surface area contributed by atoms with Crippen molar-refractivity contribution in [3.8, 4) is 5.75 Å². The molecule has 0 bridgehead atoms. The molecule has 0 aliphatic rings. The number of rotatable bonds is 8. The minimum Gasteiger partial charge on any atom is -0.488 e. The Bertz CT molecular complexity index is 1320. The molecule has 0 radical (unpaired) electrons. The zero-order valence-corrected chi connectivity index (χ0v) is 24.2. The van der Waals surface area contributed by atoms with Crippen LogP contribution >= 0.6 is 33.0 Å². The van der Waals surface area contributed by atoms with Crippen molar-refractivity contribution < 1.29 is 32.6 Å². The van der Waals surface area contributed by atoms with E-state index in [1.807, 2.05) is 20.8 Å². The number of hydrogen-bond donors (Lipinski definition) is 1. The molecule has 1 N–H and O–H groups in total. The predicted octanol–water partition coefficient (Wildman–Crippen LogP) is 5.92. The minimum atomic E-state index is -2.55. The van der Waals surface area contributed by atoms with E-state index in [-0.39, 0.29) is 23.3 Å². The second-order valence-corrected chi connectivity index (χ2v) is 11.8. The summed E-state index contributed by atoms with van der Waals surface area (Å²) in [4.78, 5) is 42.5. The number of carbonyl (C=O) groups is 3. The van der Waals surface area contributed by atoms with Gasteiger partial charge in [-0.05, 0) is 71.7 Å². The molecule has 0 spiro atoms. The highest BCUT2D eigenvalue weighted by molar-refractivity contribution is 9.10. The third-order valence-corrected chi connectivity index (χ3v) is 6.12. The summed E-state index contributed by atoms with van der Waals surface area (Å²) < 4.78 is 29.5. The lowest BCUT2D eigenvalue weighted by Gasteiger charge is -2.21. The largest absolute Gasteiger partial charge is 0.488 e. The van der Waals surface area contributed by atoms with Gasteiger partial charge in [-0.25, -0.2) is 14.6 Å². The zero-order chi connectivity index (χ0) is 27.3. The molecule has 12 heteroatoms. The van der Waals surface area contributed by atoms with Crippen molar-refractivity contribution in [1.82, 2.24) is 10.3 Å². The Morgan fingerprint density at radius 2 is 1.81 bits per heavy atom.